The van der Waals surface area contributed by atoms with Crippen molar-refractivity contribution in [3.05, 3.63) is 36.4 Å². The van der Waals surface area contributed by atoms with Crippen molar-refractivity contribution < 1.29 is 28.2 Å². The summed E-state index contributed by atoms with van der Waals surface area (Å²) >= 11 is 0. The number of benzene rings is 2. The first-order valence-corrected chi connectivity index (χ1v) is 9.99. The van der Waals surface area contributed by atoms with E-state index in [0.717, 1.165) is 5.46 Å². The van der Waals surface area contributed by atoms with E-state index in [4.69, 9.17) is 39.7 Å². The number of aromatic nitrogens is 2. The van der Waals surface area contributed by atoms with Crippen LogP contribution >= 0.6 is 0 Å². The molecule has 0 aliphatic carbocycles. The minimum atomic E-state index is -1.50. The number of hydrogen-bond donors (Lipinski definition) is 4. The van der Waals surface area contributed by atoms with Crippen LogP contribution < -0.4 is 22.4 Å². The molecule has 0 amide bonds. The lowest BCUT2D eigenvalue weighted by atomic mass is 9.79. The second-order valence-corrected chi connectivity index (χ2v) is 8.52. The summed E-state index contributed by atoms with van der Waals surface area (Å²) in [6.07, 6.45) is 0. The minimum absolute atomic E-state index is 0. The fourth-order valence-electron chi connectivity index (χ4n) is 3.21. The summed E-state index contributed by atoms with van der Waals surface area (Å²) in [5.41, 5.74) is 13.9. The normalized spacial score (nSPS) is 15.9. The van der Waals surface area contributed by atoms with Crippen molar-refractivity contribution in [3.8, 4) is 0 Å². The second-order valence-electron chi connectivity index (χ2n) is 8.52. The lowest BCUT2D eigenvalue weighted by molar-refractivity contribution is 0.00578. The van der Waals surface area contributed by atoms with Gasteiger partial charge in [0, 0.05) is 0 Å². The summed E-state index contributed by atoms with van der Waals surface area (Å²) in [6, 6.07) is 10.5. The molecule has 1 aliphatic rings. The Morgan fingerprint density at radius 2 is 1.26 bits per heavy atom. The Morgan fingerprint density at radius 1 is 0.794 bits per heavy atom. The Hall–Kier alpha value is -3.05. The van der Waals surface area contributed by atoms with Crippen molar-refractivity contribution in [1.82, 2.24) is 9.97 Å². The number of rotatable bonds is 2. The van der Waals surface area contributed by atoms with Crippen LogP contribution in [0.15, 0.2) is 45.2 Å². The number of hydrogen-bond acceptors (Lipinski definition) is 10. The van der Waals surface area contributed by atoms with Crippen molar-refractivity contribution in [1.29, 1.82) is 0 Å². The van der Waals surface area contributed by atoms with Crippen LogP contribution in [-0.4, -0.2) is 45.5 Å². The van der Waals surface area contributed by atoms with Crippen LogP contribution in [0.3, 0.4) is 0 Å². The average molecular weight is 470 g/mol. The smallest absolute Gasteiger partial charge is 0.424 e. The molecule has 0 saturated carbocycles. The van der Waals surface area contributed by atoms with Crippen molar-refractivity contribution in [3.63, 3.8) is 0 Å². The largest absolute Gasteiger partial charge is 0.494 e. The Morgan fingerprint density at radius 3 is 1.76 bits per heavy atom. The van der Waals surface area contributed by atoms with E-state index >= 15 is 0 Å². The molecule has 1 fully saturated rings. The summed E-state index contributed by atoms with van der Waals surface area (Å²) in [5.74, 6) is 0. The summed E-state index contributed by atoms with van der Waals surface area (Å²) in [7, 11) is -1.89. The molecule has 6 N–H and O–H groups in total. The van der Waals surface area contributed by atoms with E-state index in [-0.39, 0.29) is 38.1 Å². The molecule has 12 heteroatoms. The number of nitrogens with two attached hydrogens (primary N) is 2. The molecule has 34 heavy (non-hydrogen) atoms. The highest BCUT2D eigenvalue weighted by Crippen LogP contribution is 2.36. The molecule has 0 spiro atoms. The minimum Gasteiger partial charge on any atom is -0.424 e. The predicted octanol–water partition coefficient (Wildman–Crippen LogP) is 2.07. The molecule has 2 aromatic carbocycles. The summed E-state index contributed by atoms with van der Waals surface area (Å²) in [6.45, 7) is 8.11. The Kier molecular flexibility index (Phi) is 7.73. The van der Waals surface area contributed by atoms with Gasteiger partial charge in [-0.05, 0) is 62.9 Å². The monoisotopic (exact) mass is 470 g/mol. The molecule has 0 radical (unpaired) electrons. The van der Waals surface area contributed by atoms with E-state index in [1.807, 2.05) is 45.9 Å². The molecule has 4 aromatic rings. The summed E-state index contributed by atoms with van der Waals surface area (Å²) in [5, 5.41) is 17.7. The zero-order chi connectivity index (χ0) is 23.3. The van der Waals surface area contributed by atoms with E-state index < -0.39 is 14.2 Å². The van der Waals surface area contributed by atoms with Crippen LogP contribution in [-0.2, 0) is 9.31 Å². The van der Waals surface area contributed by atoms with Crippen LogP contribution in [0.25, 0.3) is 22.2 Å². The maximum Gasteiger partial charge on any atom is 0.494 e. The number of fused-ring (bicyclic) bond motifs is 2. The van der Waals surface area contributed by atoms with Crippen molar-refractivity contribution in [2.75, 3.05) is 11.5 Å². The van der Waals surface area contributed by atoms with Crippen LogP contribution in [0.1, 0.15) is 42.5 Å². The fraction of sp³-hybridized carbons (Fsp3) is 0.364. The highest BCUT2D eigenvalue weighted by atomic mass is 16.7. The van der Waals surface area contributed by atoms with E-state index in [9.17, 15) is 0 Å². The lowest BCUT2D eigenvalue weighted by Gasteiger charge is -2.32. The van der Waals surface area contributed by atoms with Gasteiger partial charge in [0.2, 0.25) is 0 Å². The van der Waals surface area contributed by atoms with Gasteiger partial charge in [0.1, 0.15) is 11.0 Å². The third-order valence-corrected chi connectivity index (χ3v) is 5.68. The zero-order valence-corrected chi connectivity index (χ0v) is 18.2. The van der Waals surface area contributed by atoms with Gasteiger partial charge < -0.3 is 39.7 Å². The molecular weight excluding hydrogens is 438 g/mol. The van der Waals surface area contributed by atoms with Gasteiger partial charge in [-0.15, -0.1) is 0 Å². The van der Waals surface area contributed by atoms with Gasteiger partial charge in [0.15, 0.2) is 11.2 Å². The summed E-state index contributed by atoms with van der Waals surface area (Å²) < 4.78 is 22.2. The molecule has 1 saturated heterocycles. The molecule has 5 rings (SSSR count). The number of nitrogens with zero attached hydrogens (tertiary/aromatic N) is 2. The molecule has 3 heterocycles. The number of nitrogen functional groups attached to an aromatic ring is 2. The maximum atomic E-state index is 8.86. The highest BCUT2D eigenvalue weighted by Gasteiger charge is 2.51. The van der Waals surface area contributed by atoms with Gasteiger partial charge in [0.25, 0.3) is 12.0 Å². The molecule has 182 valence electrons. The van der Waals surface area contributed by atoms with Gasteiger partial charge >= 0.3 is 14.2 Å². The molecular formula is C22H32B2N4O6. The molecule has 10 nitrogen and oxygen atoms in total. The van der Waals surface area contributed by atoms with Gasteiger partial charge in [0.05, 0.1) is 11.2 Å². The molecule has 0 atom stereocenters. The molecule has 1 aliphatic heterocycles. The molecule has 0 unspecified atom stereocenters. The van der Waals surface area contributed by atoms with Crippen molar-refractivity contribution in [2.45, 2.75) is 53.8 Å². The van der Waals surface area contributed by atoms with Crippen LogP contribution in [0.2, 0.25) is 0 Å². The molecule has 0 bridgehead atoms. The molecule has 2 aromatic heterocycles. The topological polar surface area (TPSA) is 163 Å². The van der Waals surface area contributed by atoms with Gasteiger partial charge in [-0.1, -0.05) is 27.0 Å². The predicted molar refractivity (Wildman–Crippen MR) is 136 cm³/mol. The van der Waals surface area contributed by atoms with Gasteiger partial charge in [-0.3, -0.25) is 0 Å². The first-order valence-electron chi connectivity index (χ1n) is 9.99. The summed E-state index contributed by atoms with van der Waals surface area (Å²) in [4.78, 5) is 7.96. The lowest BCUT2D eigenvalue weighted by Crippen LogP contribution is -2.41. The van der Waals surface area contributed by atoms with Crippen LogP contribution in [0.5, 0.6) is 0 Å². The van der Waals surface area contributed by atoms with Gasteiger partial charge in [-0.25, -0.2) is 0 Å². The first kappa shape index (κ1) is 27.2. The zero-order valence-electron chi connectivity index (χ0n) is 18.2. The van der Waals surface area contributed by atoms with E-state index in [1.165, 1.54) is 12.1 Å². The second kappa shape index (κ2) is 9.67. The van der Waals surface area contributed by atoms with E-state index in [1.54, 1.807) is 6.07 Å². The standard InChI is InChI=1S/C13H17BN2O3.C7H7BN2O3.2CH4/c1-12(2)13(3,4)19-14(18-12)8-5-6-10-9(7-8)16-11(15)17-10;9-7-10-5-3-4(8(11)12)1-2-6(5)13-7;;/h5-7H,1-4H3,(H2,15,16);1-3,11-12H,(H2,9,10);2*1H4. The number of anilines is 2. The van der Waals surface area contributed by atoms with Crippen molar-refractivity contribution >= 4 is 59.4 Å². The van der Waals surface area contributed by atoms with Crippen LogP contribution in [0, 0.1) is 0 Å². The van der Waals surface area contributed by atoms with Crippen molar-refractivity contribution in [2.24, 2.45) is 0 Å². The number of oxazole rings is 2. The Bertz CT molecular complexity index is 1250. The average Bonchev–Trinajstić information content (AvgIpc) is 3.32. The van der Waals surface area contributed by atoms with E-state index in [0.29, 0.717) is 27.7 Å². The van der Waals surface area contributed by atoms with Gasteiger partial charge in [-0.2, -0.15) is 9.97 Å². The van der Waals surface area contributed by atoms with E-state index in [2.05, 4.69) is 9.97 Å². The quantitative estimate of drug-likeness (QED) is 0.319. The Labute approximate surface area is 199 Å². The SMILES string of the molecule is C.C.CC1(C)OB(c2ccc3oc(N)nc3c2)OC1(C)C.Nc1nc2cc(B(O)O)ccc2o1. The van der Waals surface area contributed by atoms with Crippen LogP contribution in [0.4, 0.5) is 12.0 Å². The fourth-order valence-corrected chi connectivity index (χ4v) is 3.21. The highest BCUT2D eigenvalue weighted by molar-refractivity contribution is 6.62. The third kappa shape index (κ3) is 5.20. The maximum absolute atomic E-state index is 8.86. The first-order chi connectivity index (χ1) is 14.9. The third-order valence-electron chi connectivity index (χ3n) is 5.68. The Balaban J connectivity index is 0.000000241.